The SMILES string of the molecule is CC(=O)CCC(NC(=O)OCc1ccccc1)C(=O)O. The zero-order valence-electron chi connectivity index (χ0n) is 11.2. The smallest absolute Gasteiger partial charge is 0.408 e. The lowest BCUT2D eigenvalue weighted by molar-refractivity contribution is -0.139. The summed E-state index contributed by atoms with van der Waals surface area (Å²) in [6.45, 7) is 1.43. The Morgan fingerprint density at radius 1 is 1.25 bits per heavy atom. The van der Waals surface area contributed by atoms with Gasteiger partial charge in [0, 0.05) is 6.42 Å². The van der Waals surface area contributed by atoms with E-state index in [1.54, 1.807) is 12.1 Å². The fourth-order valence-electron chi connectivity index (χ4n) is 1.51. The molecule has 1 rings (SSSR count). The first-order chi connectivity index (χ1) is 9.49. The number of amides is 1. The Morgan fingerprint density at radius 2 is 1.90 bits per heavy atom. The molecule has 1 aromatic carbocycles. The van der Waals surface area contributed by atoms with E-state index < -0.39 is 18.1 Å². The van der Waals surface area contributed by atoms with Crippen molar-refractivity contribution in [3.05, 3.63) is 35.9 Å². The number of hydrogen-bond donors (Lipinski definition) is 2. The van der Waals surface area contributed by atoms with Gasteiger partial charge in [0.25, 0.3) is 0 Å². The van der Waals surface area contributed by atoms with Crippen LogP contribution >= 0.6 is 0 Å². The summed E-state index contributed by atoms with van der Waals surface area (Å²) in [5, 5.41) is 11.2. The lowest BCUT2D eigenvalue weighted by atomic mass is 10.1. The maximum absolute atomic E-state index is 11.5. The van der Waals surface area contributed by atoms with E-state index in [0.29, 0.717) is 0 Å². The van der Waals surface area contributed by atoms with Crippen LogP contribution in [0.4, 0.5) is 4.79 Å². The minimum absolute atomic E-state index is 0.0467. The molecule has 0 fully saturated rings. The Balaban J connectivity index is 2.41. The number of rotatable bonds is 7. The first-order valence-electron chi connectivity index (χ1n) is 6.18. The van der Waals surface area contributed by atoms with Crippen molar-refractivity contribution in [2.75, 3.05) is 0 Å². The summed E-state index contributed by atoms with van der Waals surface area (Å²) < 4.78 is 4.92. The second kappa shape index (κ2) is 7.93. The van der Waals surface area contributed by atoms with Gasteiger partial charge in [-0.15, -0.1) is 0 Å². The number of aliphatic carboxylic acids is 1. The van der Waals surface area contributed by atoms with Crippen molar-refractivity contribution in [2.24, 2.45) is 0 Å². The fraction of sp³-hybridized carbons (Fsp3) is 0.357. The fourth-order valence-corrected chi connectivity index (χ4v) is 1.51. The van der Waals surface area contributed by atoms with Gasteiger partial charge in [0.15, 0.2) is 0 Å². The van der Waals surface area contributed by atoms with Gasteiger partial charge in [-0.3, -0.25) is 0 Å². The van der Waals surface area contributed by atoms with Crippen LogP contribution in [0.5, 0.6) is 0 Å². The van der Waals surface area contributed by atoms with Crippen molar-refractivity contribution in [3.63, 3.8) is 0 Å². The van der Waals surface area contributed by atoms with Crippen molar-refractivity contribution >= 4 is 17.8 Å². The Labute approximate surface area is 116 Å². The summed E-state index contributed by atoms with van der Waals surface area (Å²) in [5.74, 6) is -1.32. The molecule has 0 aliphatic carbocycles. The average Bonchev–Trinajstić information content (AvgIpc) is 2.41. The maximum atomic E-state index is 11.5. The number of alkyl carbamates (subject to hydrolysis) is 1. The van der Waals surface area contributed by atoms with Crippen LogP contribution < -0.4 is 5.32 Å². The number of carboxylic acids is 1. The Kier molecular flexibility index (Phi) is 6.22. The summed E-state index contributed by atoms with van der Waals surface area (Å²) in [6.07, 6.45) is -0.675. The van der Waals surface area contributed by atoms with Crippen LogP contribution in [-0.4, -0.2) is 29.0 Å². The molecule has 0 aliphatic rings. The van der Waals surface area contributed by atoms with Crippen molar-refractivity contribution < 1.29 is 24.2 Å². The molecule has 1 aromatic rings. The van der Waals surface area contributed by atoms with Gasteiger partial charge in [0.2, 0.25) is 0 Å². The summed E-state index contributed by atoms with van der Waals surface area (Å²) >= 11 is 0. The molecule has 0 saturated carbocycles. The van der Waals surface area contributed by atoms with Gasteiger partial charge >= 0.3 is 12.1 Å². The molecular weight excluding hydrogens is 262 g/mol. The van der Waals surface area contributed by atoms with Crippen LogP contribution in [0, 0.1) is 0 Å². The molecule has 1 atom stereocenters. The van der Waals surface area contributed by atoms with Crippen LogP contribution in [0.2, 0.25) is 0 Å². The largest absolute Gasteiger partial charge is 0.480 e. The normalized spacial score (nSPS) is 11.4. The molecule has 6 nitrogen and oxygen atoms in total. The minimum atomic E-state index is -1.19. The molecule has 2 N–H and O–H groups in total. The van der Waals surface area contributed by atoms with Crippen LogP contribution in [0.25, 0.3) is 0 Å². The van der Waals surface area contributed by atoms with Crippen molar-refractivity contribution in [1.29, 1.82) is 0 Å². The van der Waals surface area contributed by atoms with Crippen LogP contribution in [0.15, 0.2) is 30.3 Å². The molecule has 0 heterocycles. The maximum Gasteiger partial charge on any atom is 0.408 e. The molecule has 0 radical (unpaired) electrons. The number of nitrogens with one attached hydrogen (secondary N) is 1. The highest BCUT2D eigenvalue weighted by molar-refractivity contribution is 5.81. The van der Waals surface area contributed by atoms with E-state index in [9.17, 15) is 14.4 Å². The monoisotopic (exact) mass is 279 g/mol. The summed E-state index contributed by atoms with van der Waals surface area (Å²) in [6, 6.07) is 7.91. The molecule has 108 valence electrons. The van der Waals surface area contributed by atoms with E-state index in [4.69, 9.17) is 9.84 Å². The summed E-state index contributed by atoms with van der Waals surface area (Å²) in [5.41, 5.74) is 0.804. The lowest BCUT2D eigenvalue weighted by Gasteiger charge is -2.13. The Bertz CT molecular complexity index is 472. The molecular formula is C14H17NO5. The molecule has 0 aromatic heterocycles. The molecule has 0 spiro atoms. The van der Waals surface area contributed by atoms with Crippen LogP contribution in [0.3, 0.4) is 0 Å². The molecule has 0 aliphatic heterocycles. The van der Waals surface area contributed by atoms with Crippen molar-refractivity contribution in [3.8, 4) is 0 Å². The molecule has 0 saturated heterocycles. The van der Waals surface area contributed by atoms with E-state index in [0.717, 1.165) is 5.56 Å². The third-order valence-electron chi connectivity index (χ3n) is 2.59. The first kappa shape index (κ1) is 15.7. The molecule has 0 bridgehead atoms. The number of carboxylic acid groups (broad SMARTS) is 1. The van der Waals surface area contributed by atoms with Gasteiger partial charge in [-0.05, 0) is 18.9 Å². The predicted octanol–water partition coefficient (Wildman–Crippen LogP) is 1.74. The number of carbonyl (C=O) groups excluding carboxylic acids is 2. The highest BCUT2D eigenvalue weighted by Crippen LogP contribution is 2.03. The zero-order chi connectivity index (χ0) is 15.0. The minimum Gasteiger partial charge on any atom is -0.480 e. The first-order valence-corrected chi connectivity index (χ1v) is 6.18. The van der Waals surface area contributed by atoms with Gasteiger partial charge in [0.05, 0.1) is 0 Å². The average molecular weight is 279 g/mol. The highest BCUT2D eigenvalue weighted by Gasteiger charge is 2.20. The molecule has 6 heteroatoms. The van der Waals surface area contributed by atoms with E-state index in [2.05, 4.69) is 5.32 Å². The third-order valence-corrected chi connectivity index (χ3v) is 2.59. The van der Waals surface area contributed by atoms with Gasteiger partial charge in [0.1, 0.15) is 18.4 Å². The standard InChI is InChI=1S/C14H17NO5/c1-10(16)7-8-12(13(17)18)15-14(19)20-9-11-5-3-2-4-6-11/h2-6,12H,7-9H2,1H3,(H,15,19)(H,17,18). The highest BCUT2D eigenvalue weighted by atomic mass is 16.5. The van der Waals surface area contributed by atoms with Gasteiger partial charge in [-0.25, -0.2) is 9.59 Å². The van der Waals surface area contributed by atoms with Crippen LogP contribution in [0.1, 0.15) is 25.3 Å². The number of Topliss-reactive ketones (excluding diaryl/α,β-unsaturated/α-hetero) is 1. The van der Waals surface area contributed by atoms with Crippen LogP contribution in [-0.2, 0) is 20.9 Å². The van der Waals surface area contributed by atoms with Gasteiger partial charge in [-0.1, -0.05) is 30.3 Å². The van der Waals surface area contributed by atoms with E-state index in [-0.39, 0.29) is 25.2 Å². The van der Waals surface area contributed by atoms with Crippen molar-refractivity contribution in [1.82, 2.24) is 5.32 Å². The quantitative estimate of drug-likeness (QED) is 0.793. The lowest BCUT2D eigenvalue weighted by Crippen LogP contribution is -2.41. The van der Waals surface area contributed by atoms with E-state index >= 15 is 0 Å². The third kappa shape index (κ3) is 5.99. The molecule has 20 heavy (non-hydrogen) atoms. The second-order valence-electron chi connectivity index (χ2n) is 4.34. The topological polar surface area (TPSA) is 92.7 Å². The van der Waals surface area contributed by atoms with Crippen molar-refractivity contribution in [2.45, 2.75) is 32.4 Å². The Hall–Kier alpha value is -2.37. The van der Waals surface area contributed by atoms with E-state index in [1.165, 1.54) is 6.92 Å². The zero-order valence-corrected chi connectivity index (χ0v) is 11.2. The number of benzene rings is 1. The predicted molar refractivity (Wildman–Crippen MR) is 71.1 cm³/mol. The molecule has 1 unspecified atom stereocenters. The number of ketones is 1. The number of hydrogen-bond acceptors (Lipinski definition) is 4. The summed E-state index contributed by atoms with van der Waals surface area (Å²) in [7, 11) is 0. The van der Waals surface area contributed by atoms with Gasteiger partial charge < -0.3 is 20.0 Å². The second-order valence-corrected chi connectivity index (χ2v) is 4.34. The number of carbonyl (C=O) groups is 3. The van der Waals surface area contributed by atoms with Gasteiger partial charge in [-0.2, -0.15) is 0 Å². The van der Waals surface area contributed by atoms with E-state index in [1.807, 2.05) is 18.2 Å². The molecule has 1 amide bonds. The Morgan fingerprint density at radius 3 is 2.45 bits per heavy atom. The number of ether oxygens (including phenoxy) is 1. The summed E-state index contributed by atoms with van der Waals surface area (Å²) in [4.78, 5) is 33.3.